The number of aromatic amines is 1. The van der Waals surface area contributed by atoms with E-state index in [1.165, 1.54) is 0 Å². The maximum absolute atomic E-state index is 11.7. The van der Waals surface area contributed by atoms with Crippen LogP contribution in [0.25, 0.3) is 10.9 Å². The van der Waals surface area contributed by atoms with Crippen molar-refractivity contribution in [2.75, 3.05) is 6.54 Å². The summed E-state index contributed by atoms with van der Waals surface area (Å²) in [6.07, 6.45) is 1.91. The minimum Gasteiger partial charge on any atom is -0.361 e. The quantitative estimate of drug-likeness (QED) is 0.637. The van der Waals surface area contributed by atoms with Gasteiger partial charge in [0.05, 0.1) is 12.1 Å². The smallest absolute Gasteiger partial charge is 0.238 e. The number of carbonyl (C=O) groups excluding carboxylic acids is 1. The second kappa shape index (κ2) is 5.20. The summed E-state index contributed by atoms with van der Waals surface area (Å²) in [7, 11) is 0. The lowest BCUT2D eigenvalue weighted by Gasteiger charge is -2.16. The summed E-state index contributed by atoms with van der Waals surface area (Å²) >= 11 is 0. The van der Waals surface area contributed by atoms with Crippen molar-refractivity contribution in [2.24, 2.45) is 11.5 Å². The number of H-pyrrole nitrogens is 1. The summed E-state index contributed by atoms with van der Waals surface area (Å²) in [5.74, 6) is -0.227. The number of fused-ring (bicyclic) bond motifs is 1. The molecule has 2 aromatic rings. The van der Waals surface area contributed by atoms with Crippen LogP contribution in [0.4, 0.5) is 0 Å². The summed E-state index contributed by atoms with van der Waals surface area (Å²) < 4.78 is 0. The number of aromatic nitrogens is 1. The molecule has 2 rings (SSSR count). The van der Waals surface area contributed by atoms with Crippen LogP contribution in [0.3, 0.4) is 0 Å². The summed E-state index contributed by atoms with van der Waals surface area (Å²) in [6.45, 7) is 2.07. The van der Waals surface area contributed by atoms with Crippen molar-refractivity contribution in [1.29, 1.82) is 0 Å². The zero-order valence-electron chi connectivity index (χ0n) is 10.3. The minimum atomic E-state index is -0.655. The molecule has 6 N–H and O–H groups in total. The van der Waals surface area contributed by atoms with E-state index in [2.05, 4.69) is 10.3 Å². The normalized spacial score (nSPS) is 14.4. The summed E-state index contributed by atoms with van der Waals surface area (Å²) in [5, 5.41) is 3.96. The molecule has 5 nitrogen and oxygen atoms in total. The van der Waals surface area contributed by atoms with E-state index in [1.807, 2.05) is 37.4 Å². The number of benzene rings is 1. The van der Waals surface area contributed by atoms with Crippen molar-refractivity contribution in [3.05, 3.63) is 36.0 Å². The summed E-state index contributed by atoms with van der Waals surface area (Å²) in [5.41, 5.74) is 13.0. The van der Waals surface area contributed by atoms with Gasteiger partial charge in [0.2, 0.25) is 5.91 Å². The molecule has 18 heavy (non-hydrogen) atoms. The first-order valence-corrected chi connectivity index (χ1v) is 5.95. The van der Waals surface area contributed by atoms with Gasteiger partial charge in [-0.1, -0.05) is 18.2 Å². The largest absolute Gasteiger partial charge is 0.361 e. The van der Waals surface area contributed by atoms with Crippen LogP contribution in [0.2, 0.25) is 0 Å². The molecule has 0 bridgehead atoms. The Bertz CT molecular complexity index is 549. The first kappa shape index (κ1) is 12.6. The van der Waals surface area contributed by atoms with Gasteiger partial charge in [-0.05, 0) is 18.6 Å². The molecule has 0 fully saturated rings. The monoisotopic (exact) mass is 246 g/mol. The molecule has 2 unspecified atom stereocenters. The van der Waals surface area contributed by atoms with E-state index in [-0.39, 0.29) is 18.5 Å². The first-order valence-electron chi connectivity index (χ1n) is 5.95. The Balaban J connectivity index is 2.19. The van der Waals surface area contributed by atoms with Crippen molar-refractivity contribution < 1.29 is 4.79 Å². The highest BCUT2D eigenvalue weighted by Crippen LogP contribution is 2.23. The number of para-hydroxylation sites is 1. The average Bonchev–Trinajstić information content (AvgIpc) is 2.81. The molecule has 0 aliphatic carbocycles. The Morgan fingerprint density at radius 1 is 1.44 bits per heavy atom. The highest BCUT2D eigenvalue weighted by Gasteiger charge is 2.17. The zero-order chi connectivity index (χ0) is 13.1. The van der Waals surface area contributed by atoms with Crippen LogP contribution < -0.4 is 16.8 Å². The summed E-state index contributed by atoms with van der Waals surface area (Å²) in [6, 6.07) is 7.20. The molecule has 0 aliphatic heterocycles. The van der Waals surface area contributed by atoms with Crippen molar-refractivity contribution >= 4 is 16.8 Å². The van der Waals surface area contributed by atoms with E-state index in [1.54, 1.807) is 0 Å². The lowest BCUT2D eigenvalue weighted by molar-refractivity contribution is -0.122. The van der Waals surface area contributed by atoms with Crippen LogP contribution in [0.1, 0.15) is 18.5 Å². The first-order chi connectivity index (χ1) is 8.63. The zero-order valence-corrected chi connectivity index (χ0v) is 10.3. The Labute approximate surface area is 106 Å². The lowest BCUT2D eigenvalue weighted by atomic mass is 10.1. The van der Waals surface area contributed by atoms with Crippen LogP contribution in [0.15, 0.2) is 30.5 Å². The number of amides is 1. The van der Waals surface area contributed by atoms with Crippen LogP contribution in [-0.4, -0.2) is 23.5 Å². The van der Waals surface area contributed by atoms with Gasteiger partial charge in [0, 0.05) is 23.6 Å². The molecule has 0 saturated carbocycles. The van der Waals surface area contributed by atoms with E-state index in [9.17, 15) is 4.79 Å². The van der Waals surface area contributed by atoms with Gasteiger partial charge in [0.25, 0.3) is 0 Å². The fraction of sp³-hybridized carbons (Fsp3) is 0.308. The molecule has 0 aliphatic rings. The van der Waals surface area contributed by atoms with Crippen molar-refractivity contribution in [3.8, 4) is 0 Å². The molecule has 0 spiro atoms. The molecule has 1 amide bonds. The van der Waals surface area contributed by atoms with Crippen LogP contribution in [-0.2, 0) is 4.79 Å². The van der Waals surface area contributed by atoms with Gasteiger partial charge in [-0.25, -0.2) is 0 Å². The van der Waals surface area contributed by atoms with Crippen molar-refractivity contribution in [2.45, 2.75) is 19.0 Å². The molecule has 1 aromatic carbocycles. The molecular formula is C13H18N4O. The van der Waals surface area contributed by atoms with Crippen molar-refractivity contribution in [1.82, 2.24) is 10.3 Å². The minimum absolute atomic E-state index is 0.105. The Morgan fingerprint density at radius 2 is 2.17 bits per heavy atom. The topological polar surface area (TPSA) is 96.9 Å². The molecule has 1 aromatic heterocycles. The lowest BCUT2D eigenvalue weighted by Crippen LogP contribution is -2.45. The van der Waals surface area contributed by atoms with E-state index in [0.29, 0.717) is 0 Å². The molecule has 0 radical (unpaired) electrons. The van der Waals surface area contributed by atoms with Gasteiger partial charge in [-0.3, -0.25) is 4.79 Å². The van der Waals surface area contributed by atoms with Crippen molar-refractivity contribution in [3.63, 3.8) is 0 Å². The SMILES string of the molecule is CC(NC(=O)C(N)CN)c1c[nH]c2ccccc12. The third kappa shape index (κ3) is 2.37. The Kier molecular flexibility index (Phi) is 3.64. The van der Waals surface area contributed by atoms with E-state index in [4.69, 9.17) is 11.5 Å². The fourth-order valence-electron chi connectivity index (χ4n) is 1.96. The third-order valence-corrected chi connectivity index (χ3v) is 3.04. The number of hydrogen-bond donors (Lipinski definition) is 4. The number of hydrogen-bond acceptors (Lipinski definition) is 3. The van der Waals surface area contributed by atoms with Gasteiger partial charge in [-0.2, -0.15) is 0 Å². The molecule has 1 heterocycles. The number of rotatable bonds is 4. The Hall–Kier alpha value is -1.85. The standard InChI is InChI=1S/C13H18N4O/c1-8(17-13(18)11(15)6-14)10-7-16-12-5-3-2-4-9(10)12/h2-5,7-8,11,16H,6,14-15H2,1H3,(H,17,18). The number of nitrogens with one attached hydrogen (secondary N) is 2. The van der Waals surface area contributed by atoms with Gasteiger partial charge in [0.1, 0.15) is 0 Å². The summed E-state index contributed by atoms with van der Waals surface area (Å²) in [4.78, 5) is 14.9. The number of carbonyl (C=O) groups is 1. The maximum atomic E-state index is 11.7. The fourth-order valence-corrected chi connectivity index (χ4v) is 1.96. The predicted molar refractivity (Wildman–Crippen MR) is 71.9 cm³/mol. The third-order valence-electron chi connectivity index (χ3n) is 3.04. The highest BCUT2D eigenvalue weighted by molar-refractivity contribution is 5.86. The van der Waals surface area contributed by atoms with Crippen LogP contribution in [0.5, 0.6) is 0 Å². The Morgan fingerprint density at radius 3 is 2.89 bits per heavy atom. The predicted octanol–water partition coefficient (Wildman–Crippen LogP) is 0.631. The average molecular weight is 246 g/mol. The molecular weight excluding hydrogens is 228 g/mol. The number of nitrogens with two attached hydrogens (primary N) is 2. The van der Waals surface area contributed by atoms with Gasteiger partial charge in [-0.15, -0.1) is 0 Å². The van der Waals surface area contributed by atoms with E-state index in [0.717, 1.165) is 16.5 Å². The molecule has 0 saturated heterocycles. The van der Waals surface area contributed by atoms with Crippen LogP contribution >= 0.6 is 0 Å². The van der Waals surface area contributed by atoms with E-state index < -0.39 is 6.04 Å². The van der Waals surface area contributed by atoms with Gasteiger partial charge < -0.3 is 21.8 Å². The maximum Gasteiger partial charge on any atom is 0.238 e. The van der Waals surface area contributed by atoms with Gasteiger partial charge >= 0.3 is 0 Å². The molecule has 2 atom stereocenters. The second-order valence-corrected chi connectivity index (χ2v) is 4.36. The highest BCUT2D eigenvalue weighted by atomic mass is 16.2. The van der Waals surface area contributed by atoms with Crippen LogP contribution in [0, 0.1) is 0 Å². The van der Waals surface area contributed by atoms with E-state index >= 15 is 0 Å². The molecule has 96 valence electrons. The second-order valence-electron chi connectivity index (χ2n) is 4.36. The molecule has 5 heteroatoms. The van der Waals surface area contributed by atoms with Gasteiger partial charge in [0.15, 0.2) is 0 Å².